The molecule has 28 heavy (non-hydrogen) atoms. The molecule has 2 aromatic carbocycles. The van der Waals surface area contributed by atoms with Crippen LogP contribution in [0.5, 0.6) is 0 Å². The van der Waals surface area contributed by atoms with Crippen molar-refractivity contribution in [1.82, 2.24) is 0 Å². The van der Waals surface area contributed by atoms with E-state index in [0.29, 0.717) is 35.3 Å². The van der Waals surface area contributed by atoms with Gasteiger partial charge >= 0.3 is 5.97 Å². The van der Waals surface area contributed by atoms with Crippen LogP contribution in [-0.4, -0.2) is 17.6 Å². The van der Waals surface area contributed by atoms with Crippen molar-refractivity contribution in [2.24, 2.45) is 11.8 Å². The number of allylic oxidation sites excluding steroid dienone is 4. The van der Waals surface area contributed by atoms with Gasteiger partial charge in [0.25, 0.3) is 0 Å². The summed E-state index contributed by atoms with van der Waals surface area (Å²) < 4.78 is 0. The Morgan fingerprint density at radius 2 is 1.68 bits per heavy atom. The number of rotatable bonds is 2. The van der Waals surface area contributed by atoms with E-state index in [2.05, 4.69) is 59.5 Å². The number of hydrogen-bond acceptors (Lipinski definition) is 2. The number of benzene rings is 2. The zero-order chi connectivity index (χ0) is 18.8. The number of anilines is 1. The van der Waals surface area contributed by atoms with Crippen molar-refractivity contribution in [2.45, 2.75) is 30.7 Å². The third kappa shape index (κ3) is 2.13. The van der Waals surface area contributed by atoms with Gasteiger partial charge in [0, 0.05) is 24.1 Å². The molecule has 2 aliphatic carbocycles. The normalized spacial score (nSPS) is 31.4. The molecule has 2 aromatic rings. The lowest BCUT2D eigenvalue weighted by molar-refractivity contribution is 0.0696. The first-order chi connectivity index (χ1) is 13.7. The largest absolute Gasteiger partial charge is 0.478 e. The lowest BCUT2D eigenvalue weighted by Crippen LogP contribution is -2.46. The van der Waals surface area contributed by atoms with Gasteiger partial charge in [0.05, 0.1) is 11.6 Å². The fraction of sp³-hybridized carbons (Fsp3) is 0.320. The summed E-state index contributed by atoms with van der Waals surface area (Å²) in [5.41, 5.74) is 5.56. The van der Waals surface area contributed by atoms with Gasteiger partial charge in [-0.05, 0) is 53.5 Å². The summed E-state index contributed by atoms with van der Waals surface area (Å²) in [6.45, 7) is 1.05. The van der Waals surface area contributed by atoms with E-state index in [-0.39, 0.29) is 0 Å². The molecule has 0 spiro atoms. The number of fused-ring (bicyclic) bond motifs is 4. The summed E-state index contributed by atoms with van der Waals surface area (Å²) in [6.07, 6.45) is 11.3. The van der Waals surface area contributed by atoms with Gasteiger partial charge in [0.15, 0.2) is 0 Å². The van der Waals surface area contributed by atoms with E-state index in [0.717, 1.165) is 19.4 Å². The predicted molar refractivity (Wildman–Crippen MR) is 110 cm³/mol. The van der Waals surface area contributed by atoms with Crippen LogP contribution in [0.1, 0.15) is 57.8 Å². The second-order valence-corrected chi connectivity index (χ2v) is 8.62. The van der Waals surface area contributed by atoms with Gasteiger partial charge in [-0.1, -0.05) is 54.6 Å². The Bertz CT molecular complexity index is 1010. The second kappa shape index (κ2) is 5.84. The minimum Gasteiger partial charge on any atom is -0.478 e. The van der Waals surface area contributed by atoms with Gasteiger partial charge < -0.3 is 10.0 Å². The van der Waals surface area contributed by atoms with Crippen molar-refractivity contribution in [2.75, 3.05) is 11.4 Å². The van der Waals surface area contributed by atoms with E-state index in [9.17, 15) is 9.90 Å². The topological polar surface area (TPSA) is 40.5 Å². The van der Waals surface area contributed by atoms with Gasteiger partial charge in [-0.3, -0.25) is 0 Å². The lowest BCUT2D eigenvalue weighted by Gasteiger charge is -2.51. The minimum absolute atomic E-state index is 0.302. The van der Waals surface area contributed by atoms with Gasteiger partial charge in [-0.15, -0.1) is 0 Å². The first-order valence-electron chi connectivity index (χ1n) is 10.3. The summed E-state index contributed by atoms with van der Waals surface area (Å²) in [7, 11) is 0. The van der Waals surface area contributed by atoms with Crippen molar-refractivity contribution in [3.8, 4) is 0 Å². The molecule has 3 nitrogen and oxygen atoms in total. The number of hydrogen-bond donors (Lipinski definition) is 1. The molecule has 0 saturated heterocycles. The highest BCUT2D eigenvalue weighted by atomic mass is 16.4. The molecule has 0 radical (unpaired) electrons. The average Bonchev–Trinajstić information content (AvgIpc) is 3.38. The average molecular weight is 369 g/mol. The van der Waals surface area contributed by atoms with Crippen LogP contribution >= 0.6 is 0 Å². The SMILES string of the molecule is O=C(O)c1cc2c3c(c1)[C@@H]1C=CC[C@@H]1[C@H](c1ccccc1)N3C[C@@H]1CC=C[C@H]21. The van der Waals surface area contributed by atoms with E-state index in [1.54, 1.807) is 0 Å². The maximum absolute atomic E-state index is 11.9. The van der Waals surface area contributed by atoms with Crippen LogP contribution in [-0.2, 0) is 0 Å². The maximum Gasteiger partial charge on any atom is 0.335 e. The summed E-state index contributed by atoms with van der Waals surface area (Å²) in [4.78, 5) is 14.5. The summed E-state index contributed by atoms with van der Waals surface area (Å²) in [5.74, 6) is 0.844. The number of nitrogens with zero attached hydrogens (tertiary/aromatic N) is 1. The second-order valence-electron chi connectivity index (χ2n) is 8.62. The monoisotopic (exact) mass is 369 g/mol. The molecule has 0 aromatic heterocycles. The van der Waals surface area contributed by atoms with E-state index >= 15 is 0 Å². The quantitative estimate of drug-likeness (QED) is 0.732. The summed E-state index contributed by atoms with van der Waals surface area (Å²) >= 11 is 0. The van der Waals surface area contributed by atoms with Crippen LogP contribution in [0.3, 0.4) is 0 Å². The van der Waals surface area contributed by atoms with Gasteiger partial charge in [0.1, 0.15) is 0 Å². The van der Waals surface area contributed by atoms with Gasteiger partial charge in [-0.2, -0.15) is 0 Å². The third-order valence-electron chi connectivity index (χ3n) is 7.24. The molecular weight excluding hydrogens is 346 g/mol. The molecule has 1 N–H and O–H groups in total. The van der Waals surface area contributed by atoms with Crippen molar-refractivity contribution in [3.05, 3.63) is 89.0 Å². The molecule has 0 amide bonds. The highest BCUT2D eigenvalue weighted by Gasteiger charge is 2.47. The number of aromatic carboxylic acids is 1. The Morgan fingerprint density at radius 1 is 0.964 bits per heavy atom. The number of carboxylic acids is 1. The Balaban J connectivity index is 1.61. The number of carboxylic acid groups (broad SMARTS) is 1. The number of carbonyl (C=O) groups is 1. The van der Waals surface area contributed by atoms with Crippen LogP contribution in [0, 0.1) is 11.8 Å². The van der Waals surface area contributed by atoms with Crippen LogP contribution in [0.4, 0.5) is 5.69 Å². The van der Waals surface area contributed by atoms with Crippen LogP contribution in [0.15, 0.2) is 66.8 Å². The highest BCUT2D eigenvalue weighted by Crippen LogP contribution is 2.58. The molecule has 140 valence electrons. The van der Waals surface area contributed by atoms with Crippen molar-refractivity contribution >= 4 is 11.7 Å². The molecule has 0 fully saturated rings. The Labute approximate surface area is 165 Å². The zero-order valence-corrected chi connectivity index (χ0v) is 15.7. The highest BCUT2D eigenvalue weighted by molar-refractivity contribution is 5.90. The van der Waals surface area contributed by atoms with Crippen LogP contribution < -0.4 is 4.90 Å². The zero-order valence-electron chi connectivity index (χ0n) is 15.7. The van der Waals surface area contributed by atoms with E-state index < -0.39 is 5.97 Å². The molecular formula is C25H23NO2. The molecule has 0 bridgehead atoms. The first-order valence-corrected chi connectivity index (χ1v) is 10.3. The lowest BCUT2D eigenvalue weighted by atomic mass is 9.70. The first kappa shape index (κ1) is 16.2. The molecule has 4 aliphatic rings. The van der Waals surface area contributed by atoms with Crippen LogP contribution in [0.25, 0.3) is 0 Å². The fourth-order valence-corrected chi connectivity index (χ4v) is 6.13. The standard InChI is InChI=1S/C25H23NO2/c27-25(28)17-12-21-18-9-4-8-16(18)14-26-23(15-6-2-1-3-7-15)20-11-5-10-19(20)22(13-17)24(21)26/h1-7,9-10,12-13,16,18-20,23H,8,11,14H2,(H,27,28)/t16-,18-,19+,20-,23-/m0/s1. The van der Waals surface area contributed by atoms with E-state index in [4.69, 9.17) is 0 Å². The Hall–Kier alpha value is -2.81. The molecule has 2 aliphatic heterocycles. The Kier molecular flexibility index (Phi) is 3.37. The van der Waals surface area contributed by atoms with Gasteiger partial charge in [-0.25, -0.2) is 4.79 Å². The van der Waals surface area contributed by atoms with Gasteiger partial charge in [0.2, 0.25) is 0 Å². The minimum atomic E-state index is -0.821. The predicted octanol–water partition coefficient (Wildman–Crippen LogP) is 5.28. The molecule has 0 unspecified atom stereocenters. The fourth-order valence-electron chi connectivity index (χ4n) is 6.13. The Morgan fingerprint density at radius 3 is 2.46 bits per heavy atom. The molecule has 6 rings (SSSR count). The van der Waals surface area contributed by atoms with E-state index in [1.807, 2.05) is 12.1 Å². The van der Waals surface area contributed by atoms with Crippen molar-refractivity contribution in [1.29, 1.82) is 0 Å². The smallest absolute Gasteiger partial charge is 0.335 e. The molecule has 5 atom stereocenters. The summed E-state index contributed by atoms with van der Waals surface area (Å²) in [5, 5.41) is 9.75. The van der Waals surface area contributed by atoms with Crippen molar-refractivity contribution < 1.29 is 9.90 Å². The van der Waals surface area contributed by atoms with E-state index in [1.165, 1.54) is 22.4 Å². The molecule has 0 saturated carbocycles. The third-order valence-corrected chi connectivity index (χ3v) is 7.24. The summed E-state index contributed by atoms with van der Waals surface area (Å²) in [6, 6.07) is 15.1. The maximum atomic E-state index is 11.9. The van der Waals surface area contributed by atoms with Crippen LogP contribution in [0.2, 0.25) is 0 Å². The molecule has 2 heterocycles. The van der Waals surface area contributed by atoms with Crippen molar-refractivity contribution in [3.63, 3.8) is 0 Å². The molecule has 3 heteroatoms.